The molecule has 0 radical (unpaired) electrons. The smallest absolute Gasteiger partial charge is 0.270 e. The van der Waals surface area contributed by atoms with E-state index >= 15 is 0 Å². The summed E-state index contributed by atoms with van der Waals surface area (Å²) in [7, 11) is 1.96. The monoisotopic (exact) mass is 525 g/mol. The first-order valence-corrected chi connectivity index (χ1v) is 12.7. The molecule has 0 amide bonds. The lowest BCUT2D eigenvalue weighted by Gasteiger charge is -2.10. The number of nitrogens with zero attached hydrogens (tertiary/aromatic N) is 7. The molecule has 5 aromatic rings. The molecular weight excluding hydrogens is 506 g/mol. The second kappa shape index (κ2) is 10.0. The van der Waals surface area contributed by atoms with Gasteiger partial charge in [0.1, 0.15) is 23.5 Å². The van der Waals surface area contributed by atoms with Crippen LogP contribution in [-0.2, 0) is 7.05 Å². The van der Waals surface area contributed by atoms with Gasteiger partial charge in [-0.2, -0.15) is 10.5 Å². The molecule has 0 spiro atoms. The molecule has 0 bridgehead atoms. The summed E-state index contributed by atoms with van der Waals surface area (Å²) in [5, 5.41) is 29.7. The standard InChI is InChI=1S/C34H19N7/c1-38-28(21-37)33-26-16-10-9-15-25(26)32(23(19-35)20-36)27(33)17-31-39-34-30(41(31)24-13-7-4-8-14-24)18-29(40(34)2)22-11-5-3-6-12-22/h3-18H,2H3/b27-17-,33-28-. The lowest BCUT2D eigenvalue weighted by atomic mass is 9.97. The number of allylic oxidation sites excluding steroid dienone is 5. The average Bonchev–Trinajstić information content (AvgIpc) is 3.64. The molecule has 1 aliphatic rings. The molecule has 41 heavy (non-hydrogen) atoms. The SMILES string of the molecule is [C-]#[N+]/C(C#N)=C1\C(=C/c2nc3c(cc(-c4ccccc4)n3C)n2-c2ccccc2)C(=C(C#N)C#N)c2ccccc21. The van der Waals surface area contributed by atoms with Gasteiger partial charge in [0.15, 0.2) is 5.65 Å². The first-order valence-electron chi connectivity index (χ1n) is 12.7. The van der Waals surface area contributed by atoms with Crippen LogP contribution in [0.1, 0.15) is 17.0 Å². The maximum Gasteiger partial charge on any atom is 0.270 e. The quantitative estimate of drug-likeness (QED) is 0.186. The molecule has 7 heteroatoms. The summed E-state index contributed by atoms with van der Waals surface area (Å²) >= 11 is 0. The van der Waals surface area contributed by atoms with Crippen molar-refractivity contribution in [3.05, 3.63) is 136 Å². The molecule has 0 N–H and O–H groups in total. The molecule has 1 aliphatic carbocycles. The van der Waals surface area contributed by atoms with Gasteiger partial charge in [0.2, 0.25) is 0 Å². The minimum Gasteiger partial charge on any atom is -0.327 e. The van der Waals surface area contributed by atoms with E-state index in [1.54, 1.807) is 30.3 Å². The van der Waals surface area contributed by atoms with E-state index in [9.17, 15) is 15.8 Å². The van der Waals surface area contributed by atoms with E-state index in [0.717, 1.165) is 28.1 Å². The Morgan fingerprint density at radius 3 is 2.05 bits per heavy atom. The third-order valence-corrected chi connectivity index (χ3v) is 7.16. The average molecular weight is 526 g/mol. The molecule has 0 saturated carbocycles. The second-order valence-electron chi connectivity index (χ2n) is 9.33. The van der Waals surface area contributed by atoms with Crippen molar-refractivity contribution in [2.45, 2.75) is 0 Å². The lowest BCUT2D eigenvalue weighted by molar-refractivity contribution is 0.955. The minimum absolute atomic E-state index is 0.102. The molecule has 6 rings (SSSR count). The number of hydrogen-bond donors (Lipinski definition) is 0. The van der Waals surface area contributed by atoms with E-state index in [1.165, 1.54) is 0 Å². The highest BCUT2D eigenvalue weighted by Gasteiger charge is 2.32. The van der Waals surface area contributed by atoms with Crippen LogP contribution in [-0.4, -0.2) is 14.1 Å². The van der Waals surface area contributed by atoms with Crippen molar-refractivity contribution < 1.29 is 0 Å². The number of fused-ring (bicyclic) bond motifs is 2. The van der Waals surface area contributed by atoms with Gasteiger partial charge in [0, 0.05) is 23.9 Å². The highest BCUT2D eigenvalue weighted by atomic mass is 15.2. The van der Waals surface area contributed by atoms with Crippen molar-refractivity contribution in [3.63, 3.8) is 0 Å². The van der Waals surface area contributed by atoms with Crippen molar-refractivity contribution in [2.24, 2.45) is 7.05 Å². The van der Waals surface area contributed by atoms with Crippen molar-refractivity contribution in [1.29, 1.82) is 15.8 Å². The third-order valence-electron chi connectivity index (χ3n) is 7.16. The van der Waals surface area contributed by atoms with E-state index in [4.69, 9.17) is 11.6 Å². The van der Waals surface area contributed by atoms with Gasteiger partial charge in [-0.25, -0.2) is 15.1 Å². The van der Waals surface area contributed by atoms with E-state index < -0.39 is 0 Å². The number of rotatable bonds is 3. The largest absolute Gasteiger partial charge is 0.327 e. The summed E-state index contributed by atoms with van der Waals surface area (Å²) in [4.78, 5) is 8.54. The molecule has 0 fully saturated rings. The lowest BCUT2D eigenvalue weighted by Crippen LogP contribution is -1.99. The van der Waals surface area contributed by atoms with Crippen LogP contribution >= 0.6 is 0 Å². The van der Waals surface area contributed by atoms with Gasteiger partial charge >= 0.3 is 0 Å². The van der Waals surface area contributed by atoms with E-state index in [1.807, 2.05) is 95.1 Å². The molecule has 2 aromatic heterocycles. The predicted octanol–water partition coefficient (Wildman–Crippen LogP) is 7.08. The van der Waals surface area contributed by atoms with Gasteiger partial charge < -0.3 is 4.57 Å². The van der Waals surface area contributed by atoms with E-state index in [-0.39, 0.29) is 11.3 Å². The van der Waals surface area contributed by atoms with Crippen LogP contribution in [0, 0.1) is 40.6 Å². The first-order chi connectivity index (χ1) is 20.1. The van der Waals surface area contributed by atoms with E-state index in [2.05, 4.69) is 10.9 Å². The van der Waals surface area contributed by atoms with Crippen molar-refractivity contribution >= 4 is 28.4 Å². The molecule has 0 aliphatic heterocycles. The summed E-state index contributed by atoms with van der Waals surface area (Å²) in [5.41, 5.74) is 6.74. The number of para-hydroxylation sites is 1. The van der Waals surface area contributed by atoms with Crippen LogP contribution in [0.4, 0.5) is 0 Å². The molecule has 190 valence electrons. The molecule has 3 aromatic carbocycles. The molecular formula is C34H19N7. The van der Waals surface area contributed by atoms with Gasteiger partial charge in [0.05, 0.1) is 23.9 Å². The Morgan fingerprint density at radius 2 is 1.44 bits per heavy atom. The Morgan fingerprint density at radius 1 is 0.829 bits per heavy atom. The Hall–Kier alpha value is -6.41. The third kappa shape index (κ3) is 3.91. The number of nitriles is 3. The van der Waals surface area contributed by atoms with Crippen LogP contribution in [0.2, 0.25) is 0 Å². The number of benzene rings is 3. The molecule has 0 atom stereocenters. The fourth-order valence-corrected chi connectivity index (χ4v) is 5.39. The zero-order valence-corrected chi connectivity index (χ0v) is 21.9. The topological polar surface area (TPSA) is 98.5 Å². The second-order valence-corrected chi connectivity index (χ2v) is 9.33. The molecule has 7 nitrogen and oxygen atoms in total. The molecule has 0 unspecified atom stereocenters. The van der Waals surface area contributed by atoms with Crippen LogP contribution < -0.4 is 0 Å². The number of imidazole rings is 1. The summed E-state index contributed by atoms with van der Waals surface area (Å²) in [6, 6.07) is 35.2. The maximum absolute atomic E-state index is 9.91. The van der Waals surface area contributed by atoms with Crippen molar-refractivity contribution in [3.8, 4) is 35.2 Å². The Balaban J connectivity index is 1.72. The number of aryl methyl sites for hydroxylation is 1. The van der Waals surface area contributed by atoms with Crippen LogP contribution in [0.3, 0.4) is 0 Å². The Labute approximate surface area is 236 Å². The van der Waals surface area contributed by atoms with Crippen molar-refractivity contribution in [2.75, 3.05) is 0 Å². The summed E-state index contributed by atoms with van der Waals surface area (Å²) < 4.78 is 4.04. The molecule has 0 saturated heterocycles. The van der Waals surface area contributed by atoms with Crippen molar-refractivity contribution in [1.82, 2.24) is 14.1 Å². The number of aromatic nitrogens is 3. The van der Waals surface area contributed by atoms with Gasteiger partial charge in [-0.15, -0.1) is 0 Å². The van der Waals surface area contributed by atoms with Crippen LogP contribution in [0.15, 0.2) is 108 Å². The highest BCUT2D eigenvalue weighted by Crippen LogP contribution is 2.49. The highest BCUT2D eigenvalue weighted by molar-refractivity contribution is 6.14. The molecule has 2 heterocycles. The fourth-order valence-electron chi connectivity index (χ4n) is 5.39. The van der Waals surface area contributed by atoms with Crippen LogP contribution in [0.5, 0.6) is 0 Å². The fraction of sp³-hybridized carbons (Fsp3) is 0.0294. The van der Waals surface area contributed by atoms with Crippen LogP contribution in [0.25, 0.3) is 50.2 Å². The van der Waals surface area contributed by atoms with Gasteiger partial charge in [0.25, 0.3) is 5.70 Å². The predicted molar refractivity (Wildman–Crippen MR) is 157 cm³/mol. The summed E-state index contributed by atoms with van der Waals surface area (Å²) in [6.45, 7) is 7.72. The Bertz CT molecular complexity index is 2020. The first kappa shape index (κ1) is 24.9. The van der Waals surface area contributed by atoms with Gasteiger partial charge in [-0.1, -0.05) is 72.8 Å². The van der Waals surface area contributed by atoms with Gasteiger partial charge in [-0.05, 0) is 46.5 Å². The minimum atomic E-state index is -0.123. The van der Waals surface area contributed by atoms with Gasteiger partial charge in [-0.3, -0.25) is 4.57 Å². The number of hydrogen-bond acceptors (Lipinski definition) is 4. The van der Waals surface area contributed by atoms with E-state index in [0.29, 0.717) is 33.7 Å². The summed E-state index contributed by atoms with van der Waals surface area (Å²) in [6.07, 6.45) is 1.77. The summed E-state index contributed by atoms with van der Waals surface area (Å²) in [5.74, 6) is 0.534. The normalized spacial score (nSPS) is 14.2. The zero-order chi connectivity index (χ0) is 28.5. The zero-order valence-electron chi connectivity index (χ0n) is 21.9. The maximum atomic E-state index is 9.91. The Kier molecular flexibility index (Phi) is 6.10.